The lowest BCUT2D eigenvalue weighted by atomic mass is 10.1. The van der Waals surface area contributed by atoms with Gasteiger partial charge in [0.2, 0.25) is 5.88 Å². The van der Waals surface area contributed by atoms with Crippen molar-refractivity contribution < 1.29 is 14.3 Å². The van der Waals surface area contributed by atoms with E-state index in [1.165, 1.54) is 7.11 Å². The van der Waals surface area contributed by atoms with Crippen molar-refractivity contribution in [1.82, 2.24) is 10.3 Å². The highest BCUT2D eigenvalue weighted by Crippen LogP contribution is 2.18. The van der Waals surface area contributed by atoms with Crippen LogP contribution in [0.3, 0.4) is 0 Å². The standard InChI is InChI=1S/C14H16N2O3S/c1-18-12-6-5-10(8-15-12)13(14(17)19-2)16-9-11-4-3-7-20-11/h3-8,13,16H,9H2,1-2H3. The van der Waals surface area contributed by atoms with Gasteiger partial charge in [-0.2, -0.15) is 0 Å². The zero-order valence-corrected chi connectivity index (χ0v) is 12.1. The molecule has 0 aliphatic rings. The lowest BCUT2D eigenvalue weighted by Gasteiger charge is -2.16. The number of methoxy groups -OCH3 is 2. The van der Waals surface area contributed by atoms with Gasteiger partial charge in [0.1, 0.15) is 6.04 Å². The Morgan fingerprint density at radius 1 is 1.40 bits per heavy atom. The van der Waals surface area contributed by atoms with Crippen LogP contribution in [0, 0.1) is 0 Å². The Morgan fingerprint density at radius 3 is 2.80 bits per heavy atom. The summed E-state index contributed by atoms with van der Waals surface area (Å²) in [5.41, 5.74) is 0.745. The highest BCUT2D eigenvalue weighted by Gasteiger charge is 2.21. The second-order valence-electron chi connectivity index (χ2n) is 4.05. The second-order valence-corrected chi connectivity index (χ2v) is 5.08. The van der Waals surface area contributed by atoms with Gasteiger partial charge in [-0.05, 0) is 23.1 Å². The lowest BCUT2D eigenvalue weighted by molar-refractivity contribution is -0.143. The van der Waals surface area contributed by atoms with Gasteiger partial charge >= 0.3 is 5.97 Å². The number of carbonyl (C=O) groups excluding carboxylic acids is 1. The summed E-state index contributed by atoms with van der Waals surface area (Å²) in [7, 11) is 2.92. The highest BCUT2D eigenvalue weighted by molar-refractivity contribution is 7.09. The Labute approximate surface area is 121 Å². The van der Waals surface area contributed by atoms with Crippen LogP contribution in [0.2, 0.25) is 0 Å². The van der Waals surface area contributed by atoms with Gasteiger partial charge in [-0.1, -0.05) is 6.07 Å². The number of hydrogen-bond donors (Lipinski definition) is 1. The number of nitrogens with zero attached hydrogens (tertiary/aromatic N) is 1. The summed E-state index contributed by atoms with van der Waals surface area (Å²) in [6.45, 7) is 0.601. The van der Waals surface area contributed by atoms with Gasteiger partial charge in [0.15, 0.2) is 0 Å². The highest BCUT2D eigenvalue weighted by atomic mass is 32.1. The van der Waals surface area contributed by atoms with Crippen LogP contribution in [-0.4, -0.2) is 25.2 Å². The molecule has 5 nitrogen and oxygen atoms in total. The van der Waals surface area contributed by atoms with Gasteiger partial charge in [-0.3, -0.25) is 5.32 Å². The van der Waals surface area contributed by atoms with Crippen molar-refractivity contribution in [2.75, 3.05) is 14.2 Å². The number of ether oxygens (including phenoxy) is 2. The molecule has 1 N–H and O–H groups in total. The maximum absolute atomic E-state index is 11.9. The molecule has 20 heavy (non-hydrogen) atoms. The molecule has 2 heterocycles. The average Bonchev–Trinajstić information content (AvgIpc) is 3.01. The van der Waals surface area contributed by atoms with E-state index in [9.17, 15) is 4.79 Å². The van der Waals surface area contributed by atoms with Gasteiger partial charge in [0.05, 0.1) is 14.2 Å². The Kier molecular flexibility index (Phi) is 5.09. The SMILES string of the molecule is COC(=O)C(NCc1cccs1)c1ccc(OC)nc1. The van der Waals surface area contributed by atoms with E-state index in [-0.39, 0.29) is 5.97 Å². The van der Waals surface area contributed by atoms with E-state index >= 15 is 0 Å². The summed E-state index contributed by atoms with van der Waals surface area (Å²) in [6.07, 6.45) is 1.61. The number of rotatable bonds is 6. The van der Waals surface area contributed by atoms with E-state index in [1.54, 1.807) is 36.8 Å². The van der Waals surface area contributed by atoms with Gasteiger partial charge in [-0.25, -0.2) is 9.78 Å². The zero-order valence-electron chi connectivity index (χ0n) is 11.3. The molecule has 0 radical (unpaired) electrons. The molecule has 2 aromatic heterocycles. The molecule has 2 aromatic rings. The van der Waals surface area contributed by atoms with Gasteiger partial charge in [0, 0.05) is 23.7 Å². The summed E-state index contributed by atoms with van der Waals surface area (Å²) in [5.74, 6) is 0.171. The van der Waals surface area contributed by atoms with Gasteiger partial charge in [-0.15, -0.1) is 11.3 Å². The first-order valence-electron chi connectivity index (χ1n) is 6.08. The zero-order chi connectivity index (χ0) is 14.4. The van der Waals surface area contributed by atoms with E-state index in [4.69, 9.17) is 9.47 Å². The van der Waals surface area contributed by atoms with Crippen molar-refractivity contribution >= 4 is 17.3 Å². The molecule has 0 bridgehead atoms. The third-order valence-corrected chi connectivity index (χ3v) is 3.68. The van der Waals surface area contributed by atoms with Crippen molar-refractivity contribution in [1.29, 1.82) is 0 Å². The Hall–Kier alpha value is -1.92. The first kappa shape index (κ1) is 14.5. The predicted molar refractivity (Wildman–Crippen MR) is 76.7 cm³/mol. The minimum absolute atomic E-state index is 0.339. The fraction of sp³-hybridized carbons (Fsp3) is 0.286. The molecule has 0 fully saturated rings. The molecule has 0 amide bonds. The average molecular weight is 292 g/mol. The van der Waals surface area contributed by atoms with Gasteiger partial charge < -0.3 is 9.47 Å². The number of hydrogen-bond acceptors (Lipinski definition) is 6. The maximum atomic E-state index is 11.9. The molecule has 2 rings (SSSR count). The molecule has 1 unspecified atom stereocenters. The largest absolute Gasteiger partial charge is 0.481 e. The first-order valence-corrected chi connectivity index (χ1v) is 6.96. The number of pyridine rings is 1. The summed E-state index contributed by atoms with van der Waals surface area (Å²) in [5, 5.41) is 5.18. The van der Waals surface area contributed by atoms with Crippen LogP contribution in [0.4, 0.5) is 0 Å². The predicted octanol–water partition coefficient (Wildman–Crippen LogP) is 2.16. The number of esters is 1. The number of thiophene rings is 1. The Morgan fingerprint density at radius 2 is 2.25 bits per heavy atom. The van der Waals surface area contributed by atoms with Crippen molar-refractivity contribution in [3.05, 3.63) is 46.3 Å². The first-order chi connectivity index (χ1) is 9.74. The normalized spacial score (nSPS) is 11.9. The van der Waals surface area contributed by atoms with Crippen LogP contribution in [0.1, 0.15) is 16.5 Å². The fourth-order valence-corrected chi connectivity index (χ4v) is 2.41. The molecule has 1 atom stereocenters. The maximum Gasteiger partial charge on any atom is 0.327 e. The molecule has 106 valence electrons. The molecule has 6 heteroatoms. The fourth-order valence-electron chi connectivity index (χ4n) is 1.75. The van der Waals surface area contributed by atoms with Crippen molar-refractivity contribution in [3.63, 3.8) is 0 Å². The molecule has 0 aliphatic heterocycles. The second kappa shape index (κ2) is 7.02. The number of carbonyl (C=O) groups is 1. The number of aromatic nitrogens is 1. The quantitative estimate of drug-likeness (QED) is 0.827. The molecule has 0 aliphatic carbocycles. The van der Waals surface area contributed by atoms with E-state index < -0.39 is 6.04 Å². The minimum atomic E-state index is -0.541. The topological polar surface area (TPSA) is 60.5 Å². The molecule has 0 spiro atoms. The van der Waals surface area contributed by atoms with Gasteiger partial charge in [0.25, 0.3) is 0 Å². The summed E-state index contributed by atoms with van der Waals surface area (Å²) >= 11 is 1.64. The minimum Gasteiger partial charge on any atom is -0.481 e. The monoisotopic (exact) mass is 292 g/mol. The summed E-state index contributed by atoms with van der Waals surface area (Å²) in [6, 6.07) is 6.97. The van der Waals surface area contributed by atoms with Crippen molar-refractivity contribution in [3.8, 4) is 5.88 Å². The molecule has 0 aromatic carbocycles. The van der Waals surface area contributed by atoms with E-state index in [0.29, 0.717) is 12.4 Å². The molecular formula is C14H16N2O3S. The van der Waals surface area contributed by atoms with Crippen LogP contribution in [-0.2, 0) is 16.1 Å². The Bertz CT molecular complexity index is 540. The lowest BCUT2D eigenvalue weighted by Crippen LogP contribution is -2.29. The van der Waals surface area contributed by atoms with Crippen LogP contribution < -0.4 is 10.1 Å². The van der Waals surface area contributed by atoms with Crippen molar-refractivity contribution in [2.24, 2.45) is 0 Å². The molecule has 0 saturated carbocycles. The smallest absolute Gasteiger partial charge is 0.327 e. The van der Waals surface area contributed by atoms with Crippen LogP contribution in [0.5, 0.6) is 5.88 Å². The molecular weight excluding hydrogens is 276 g/mol. The van der Waals surface area contributed by atoms with E-state index in [0.717, 1.165) is 10.4 Å². The number of nitrogens with one attached hydrogen (secondary N) is 1. The van der Waals surface area contributed by atoms with Crippen LogP contribution in [0.25, 0.3) is 0 Å². The van der Waals surface area contributed by atoms with E-state index in [1.807, 2.05) is 17.5 Å². The van der Waals surface area contributed by atoms with E-state index in [2.05, 4.69) is 10.3 Å². The van der Waals surface area contributed by atoms with Crippen LogP contribution >= 0.6 is 11.3 Å². The summed E-state index contributed by atoms with van der Waals surface area (Å²) in [4.78, 5) is 17.2. The van der Waals surface area contributed by atoms with Crippen molar-refractivity contribution in [2.45, 2.75) is 12.6 Å². The van der Waals surface area contributed by atoms with Crippen LogP contribution in [0.15, 0.2) is 35.8 Å². The molecule has 0 saturated heterocycles. The Balaban J connectivity index is 2.11. The third-order valence-electron chi connectivity index (χ3n) is 2.80. The summed E-state index contributed by atoms with van der Waals surface area (Å²) < 4.78 is 9.84. The third kappa shape index (κ3) is 3.55.